The van der Waals surface area contributed by atoms with Gasteiger partial charge in [-0.3, -0.25) is 19.4 Å². The number of carbonyl (C=O) groups is 2. The Kier molecular flexibility index (Phi) is 6.28. The molecule has 0 unspecified atom stereocenters. The summed E-state index contributed by atoms with van der Waals surface area (Å²) in [5.74, 6) is -0.816. The second-order valence-electron chi connectivity index (χ2n) is 10.1. The topological polar surface area (TPSA) is 45.6 Å². The third-order valence-electron chi connectivity index (χ3n) is 6.50. The van der Waals surface area contributed by atoms with E-state index in [1.807, 2.05) is 51.1 Å². The molecule has 2 amide bonds. The van der Waals surface area contributed by atoms with Crippen LogP contribution in [0.4, 0.5) is 5.69 Å². The lowest BCUT2D eigenvalue weighted by Gasteiger charge is -2.34. The van der Waals surface area contributed by atoms with Crippen molar-refractivity contribution in [3.05, 3.63) is 88.2 Å². The fraction of sp³-hybridized carbons (Fsp3) is 0.276. The number of hydrogen-bond donors (Lipinski definition) is 0. The number of benzene rings is 2. The summed E-state index contributed by atoms with van der Waals surface area (Å²) in [7, 11) is 1.60. The average molecular weight is 486 g/mol. The van der Waals surface area contributed by atoms with E-state index < -0.39 is 11.8 Å². The molecule has 180 valence electrons. The minimum absolute atomic E-state index is 0.0759. The Morgan fingerprint density at radius 1 is 0.829 bits per heavy atom. The number of rotatable bonds is 3. The zero-order chi connectivity index (χ0) is 25.7. The van der Waals surface area contributed by atoms with Crippen LogP contribution < -0.4 is 4.90 Å². The molecular weight excluding hydrogens is 454 g/mol. The SMILES string of the molecule is Cc1ccc(N2C(=O)/C(=C/c3cc(C)n(-c4ccc(C(C)(C)C)cc4)c3C)C(=O)N(C)C2=S)cc1. The predicted molar refractivity (Wildman–Crippen MR) is 146 cm³/mol. The van der Waals surface area contributed by atoms with Gasteiger partial charge in [-0.05, 0) is 85.9 Å². The highest BCUT2D eigenvalue weighted by Gasteiger charge is 2.38. The van der Waals surface area contributed by atoms with E-state index in [-0.39, 0.29) is 16.1 Å². The van der Waals surface area contributed by atoms with Gasteiger partial charge in [-0.2, -0.15) is 0 Å². The molecule has 0 saturated carbocycles. The quantitative estimate of drug-likeness (QED) is 0.265. The first-order valence-corrected chi connectivity index (χ1v) is 12.1. The van der Waals surface area contributed by atoms with Crippen LogP contribution in [0.2, 0.25) is 0 Å². The Balaban J connectivity index is 1.75. The van der Waals surface area contributed by atoms with E-state index in [9.17, 15) is 9.59 Å². The highest BCUT2D eigenvalue weighted by molar-refractivity contribution is 7.80. The summed E-state index contributed by atoms with van der Waals surface area (Å²) in [6.07, 6.45) is 1.69. The number of aromatic nitrogens is 1. The van der Waals surface area contributed by atoms with Gasteiger partial charge in [0.15, 0.2) is 5.11 Å². The van der Waals surface area contributed by atoms with Crippen molar-refractivity contribution in [2.45, 2.75) is 47.0 Å². The van der Waals surface area contributed by atoms with Gasteiger partial charge in [-0.1, -0.05) is 50.6 Å². The number of amides is 2. The van der Waals surface area contributed by atoms with Gasteiger partial charge in [-0.25, -0.2) is 0 Å². The Morgan fingerprint density at radius 3 is 1.97 bits per heavy atom. The van der Waals surface area contributed by atoms with Crippen molar-refractivity contribution in [3.63, 3.8) is 0 Å². The molecular formula is C29H31N3O2S. The molecule has 0 aliphatic carbocycles. The van der Waals surface area contributed by atoms with E-state index >= 15 is 0 Å². The smallest absolute Gasteiger partial charge is 0.270 e. The predicted octanol–water partition coefficient (Wildman–Crippen LogP) is 5.87. The molecule has 3 aromatic rings. The fourth-order valence-corrected chi connectivity index (χ4v) is 4.63. The molecule has 35 heavy (non-hydrogen) atoms. The van der Waals surface area contributed by atoms with Gasteiger partial charge in [0.2, 0.25) is 0 Å². The van der Waals surface area contributed by atoms with Gasteiger partial charge in [0.25, 0.3) is 11.8 Å². The van der Waals surface area contributed by atoms with E-state index in [1.165, 1.54) is 15.4 Å². The lowest BCUT2D eigenvalue weighted by molar-refractivity contribution is -0.127. The van der Waals surface area contributed by atoms with Crippen LogP contribution in [0.1, 0.15) is 48.8 Å². The van der Waals surface area contributed by atoms with Crippen molar-refractivity contribution < 1.29 is 9.59 Å². The molecule has 0 N–H and O–H groups in total. The number of carbonyl (C=O) groups excluding carboxylic acids is 2. The molecule has 1 aromatic heterocycles. The molecule has 0 spiro atoms. The Labute approximate surface area is 212 Å². The molecule has 1 fully saturated rings. The molecule has 0 atom stereocenters. The van der Waals surface area contributed by atoms with Gasteiger partial charge >= 0.3 is 0 Å². The minimum Gasteiger partial charge on any atom is -0.318 e. The van der Waals surface area contributed by atoms with Gasteiger partial charge in [0.05, 0.1) is 5.69 Å². The number of anilines is 1. The van der Waals surface area contributed by atoms with E-state index in [0.29, 0.717) is 5.69 Å². The zero-order valence-corrected chi connectivity index (χ0v) is 22.2. The average Bonchev–Trinajstić information content (AvgIpc) is 3.09. The molecule has 1 aliphatic heterocycles. The number of likely N-dealkylation sites (N-methyl/N-ethyl adjacent to an activating group) is 1. The lowest BCUT2D eigenvalue weighted by atomic mass is 9.87. The highest BCUT2D eigenvalue weighted by Crippen LogP contribution is 2.29. The van der Waals surface area contributed by atoms with Crippen LogP contribution in [0.25, 0.3) is 11.8 Å². The normalized spacial score (nSPS) is 16.0. The zero-order valence-electron chi connectivity index (χ0n) is 21.3. The standard InChI is InChI=1S/C29H31N3O2S/c1-18-8-12-24(13-9-18)32-27(34)25(26(33)30(7)28(32)35)17-21-16-19(2)31(20(21)3)23-14-10-22(11-15-23)29(4,5)6/h8-17H,1-7H3/b25-17+. The maximum Gasteiger partial charge on any atom is 0.270 e. The summed E-state index contributed by atoms with van der Waals surface area (Å²) in [6.45, 7) is 12.6. The largest absolute Gasteiger partial charge is 0.318 e. The second-order valence-corrected chi connectivity index (χ2v) is 10.5. The first-order valence-electron chi connectivity index (χ1n) is 11.6. The summed E-state index contributed by atoms with van der Waals surface area (Å²) < 4.78 is 2.14. The number of nitrogens with zero attached hydrogens (tertiary/aromatic N) is 3. The second kappa shape index (κ2) is 8.93. The third-order valence-corrected chi connectivity index (χ3v) is 6.96. The van der Waals surface area contributed by atoms with Crippen molar-refractivity contribution in [1.82, 2.24) is 9.47 Å². The van der Waals surface area contributed by atoms with Gasteiger partial charge in [-0.15, -0.1) is 0 Å². The van der Waals surface area contributed by atoms with Crippen LogP contribution >= 0.6 is 12.2 Å². The van der Waals surface area contributed by atoms with E-state index in [0.717, 1.165) is 28.2 Å². The minimum atomic E-state index is -0.415. The number of hydrogen-bond acceptors (Lipinski definition) is 3. The van der Waals surface area contributed by atoms with E-state index in [2.05, 4.69) is 49.6 Å². The monoisotopic (exact) mass is 485 g/mol. The van der Waals surface area contributed by atoms with Crippen molar-refractivity contribution >= 4 is 40.9 Å². The summed E-state index contributed by atoms with van der Waals surface area (Å²) in [5.41, 5.74) is 6.98. The van der Waals surface area contributed by atoms with Crippen LogP contribution in [0.15, 0.2) is 60.2 Å². The molecule has 4 rings (SSSR count). The summed E-state index contributed by atoms with van der Waals surface area (Å²) in [5, 5.41) is 0.172. The maximum atomic E-state index is 13.5. The van der Waals surface area contributed by atoms with Crippen molar-refractivity contribution in [2.24, 2.45) is 0 Å². The van der Waals surface area contributed by atoms with Crippen molar-refractivity contribution in [2.75, 3.05) is 11.9 Å². The van der Waals surface area contributed by atoms with Crippen LogP contribution in [-0.2, 0) is 15.0 Å². The van der Waals surface area contributed by atoms with Gasteiger partial charge in [0, 0.05) is 24.1 Å². The number of thiocarbonyl (C=S) groups is 1. The molecule has 0 radical (unpaired) electrons. The van der Waals surface area contributed by atoms with Gasteiger partial charge < -0.3 is 4.57 Å². The van der Waals surface area contributed by atoms with Crippen molar-refractivity contribution in [3.8, 4) is 5.69 Å². The Hall–Kier alpha value is -3.51. The summed E-state index contributed by atoms with van der Waals surface area (Å²) in [6, 6.07) is 18.0. The third kappa shape index (κ3) is 4.46. The van der Waals surface area contributed by atoms with E-state index in [4.69, 9.17) is 12.2 Å². The molecule has 2 aromatic carbocycles. The van der Waals surface area contributed by atoms with Crippen LogP contribution in [0.5, 0.6) is 0 Å². The maximum absolute atomic E-state index is 13.5. The molecule has 0 bridgehead atoms. The summed E-state index contributed by atoms with van der Waals surface area (Å²) >= 11 is 5.47. The Morgan fingerprint density at radius 2 is 1.40 bits per heavy atom. The Bertz CT molecular complexity index is 1360. The van der Waals surface area contributed by atoms with Gasteiger partial charge in [0.1, 0.15) is 5.57 Å². The van der Waals surface area contributed by atoms with E-state index in [1.54, 1.807) is 13.1 Å². The van der Waals surface area contributed by atoms with Crippen LogP contribution in [0.3, 0.4) is 0 Å². The first-order chi connectivity index (χ1) is 16.4. The number of aryl methyl sites for hydroxylation is 2. The molecule has 6 heteroatoms. The molecule has 1 saturated heterocycles. The van der Waals surface area contributed by atoms with Crippen molar-refractivity contribution in [1.29, 1.82) is 0 Å². The lowest BCUT2D eigenvalue weighted by Crippen LogP contribution is -2.54. The highest BCUT2D eigenvalue weighted by atomic mass is 32.1. The molecule has 5 nitrogen and oxygen atoms in total. The molecule has 2 heterocycles. The fourth-order valence-electron chi connectivity index (χ4n) is 4.36. The first kappa shape index (κ1) is 24.6. The molecule has 1 aliphatic rings. The van der Waals surface area contributed by atoms with Crippen LogP contribution in [-0.4, -0.2) is 33.4 Å². The van der Waals surface area contributed by atoms with Crippen LogP contribution in [0, 0.1) is 20.8 Å². The summed E-state index contributed by atoms with van der Waals surface area (Å²) in [4.78, 5) is 29.4.